The fourth-order valence-electron chi connectivity index (χ4n) is 1.61. The van der Waals surface area contributed by atoms with Crippen LogP contribution in [0.15, 0.2) is 36.7 Å². The van der Waals surface area contributed by atoms with Crippen molar-refractivity contribution >= 4 is 0 Å². The van der Waals surface area contributed by atoms with E-state index in [0.717, 1.165) is 24.5 Å². The minimum absolute atomic E-state index is 0.174. The molecule has 0 atom stereocenters. The maximum absolute atomic E-state index is 13.1. The third kappa shape index (κ3) is 4.94. The molecule has 0 amide bonds. The summed E-state index contributed by atoms with van der Waals surface area (Å²) >= 11 is 0. The van der Waals surface area contributed by atoms with Gasteiger partial charge in [0.25, 0.3) is 0 Å². The number of halogens is 7. The van der Waals surface area contributed by atoms with Crippen molar-refractivity contribution in [2.24, 2.45) is 0 Å². The van der Waals surface area contributed by atoms with Gasteiger partial charge in [-0.1, -0.05) is 0 Å². The molecule has 1 aromatic heterocycles. The van der Waals surface area contributed by atoms with Crippen LogP contribution < -0.4 is 4.74 Å². The Hall–Kier alpha value is -2.63. The van der Waals surface area contributed by atoms with Crippen molar-refractivity contribution in [2.75, 3.05) is 6.61 Å². The predicted molar refractivity (Wildman–Crippen MR) is 71.7 cm³/mol. The summed E-state index contributed by atoms with van der Waals surface area (Å²) < 4.78 is 94.0. The van der Waals surface area contributed by atoms with Crippen molar-refractivity contribution < 1.29 is 45.3 Å². The van der Waals surface area contributed by atoms with Gasteiger partial charge in [0.05, 0.1) is 12.4 Å². The van der Waals surface area contributed by atoms with Gasteiger partial charge in [0.2, 0.25) is 0 Å². The number of hydrogen-bond donors (Lipinski definition) is 1. The number of nitrogens with zero attached hydrogens (tertiary/aromatic N) is 2. The molecular weight excluding hydrogens is 377 g/mol. The smallest absolute Gasteiger partial charge is 0.483 e. The maximum atomic E-state index is 13.1. The molecule has 12 heteroatoms. The first-order valence-corrected chi connectivity index (χ1v) is 6.66. The average molecular weight is 386 g/mol. The molecule has 0 spiro atoms. The standard InChI is InChI=1S/C14H9F7N2O3/c15-12(16,26-14(20,21)13(17,18)19)7-25-10-3-1-8(2-4-10)11-22-5-9(24)6-23-11/h1-6,24H,7H2. The van der Waals surface area contributed by atoms with Crippen LogP contribution >= 0.6 is 0 Å². The molecule has 142 valence electrons. The van der Waals surface area contributed by atoms with Crippen molar-refractivity contribution in [3.05, 3.63) is 36.7 Å². The zero-order chi connectivity index (χ0) is 19.6. The summed E-state index contributed by atoms with van der Waals surface area (Å²) in [6.45, 7) is -1.87. The van der Waals surface area contributed by atoms with Crippen LogP contribution in [0.2, 0.25) is 0 Å². The van der Waals surface area contributed by atoms with Gasteiger partial charge in [-0.2, -0.15) is 30.7 Å². The summed E-state index contributed by atoms with van der Waals surface area (Å²) in [6.07, 6.45) is -15.0. The molecule has 2 rings (SSSR count). The van der Waals surface area contributed by atoms with Gasteiger partial charge in [-0.25, -0.2) is 14.7 Å². The lowest BCUT2D eigenvalue weighted by Gasteiger charge is -2.25. The summed E-state index contributed by atoms with van der Waals surface area (Å²) in [6, 6.07) is 4.93. The van der Waals surface area contributed by atoms with Gasteiger partial charge in [-0.15, -0.1) is 0 Å². The first kappa shape index (κ1) is 19.7. The van der Waals surface area contributed by atoms with Gasteiger partial charge in [0.1, 0.15) is 5.75 Å². The lowest BCUT2D eigenvalue weighted by molar-refractivity contribution is -0.458. The molecule has 26 heavy (non-hydrogen) atoms. The number of hydrogen-bond acceptors (Lipinski definition) is 5. The van der Waals surface area contributed by atoms with Gasteiger partial charge in [-0.3, -0.25) is 0 Å². The SMILES string of the molecule is Oc1cnc(-c2ccc(OCC(F)(F)OC(F)(F)C(F)(F)F)cc2)nc1. The highest BCUT2D eigenvalue weighted by molar-refractivity contribution is 5.56. The molecule has 0 fully saturated rings. The van der Waals surface area contributed by atoms with Crippen LogP contribution in [0.3, 0.4) is 0 Å². The van der Waals surface area contributed by atoms with Crippen molar-refractivity contribution in [3.63, 3.8) is 0 Å². The molecule has 0 unspecified atom stereocenters. The highest BCUT2D eigenvalue weighted by Crippen LogP contribution is 2.40. The van der Waals surface area contributed by atoms with Crippen LogP contribution in [0.1, 0.15) is 0 Å². The Balaban J connectivity index is 1.99. The molecule has 0 aliphatic carbocycles. The highest BCUT2D eigenvalue weighted by atomic mass is 19.4. The topological polar surface area (TPSA) is 64.5 Å². The third-order valence-corrected chi connectivity index (χ3v) is 2.77. The Labute approximate surface area is 141 Å². The molecule has 1 aromatic carbocycles. The summed E-state index contributed by atoms with van der Waals surface area (Å²) in [5.41, 5.74) is 0.406. The molecule has 0 saturated heterocycles. The fraction of sp³-hybridized carbons (Fsp3) is 0.286. The first-order chi connectivity index (χ1) is 11.9. The van der Waals surface area contributed by atoms with Crippen LogP contribution in [0.25, 0.3) is 11.4 Å². The monoisotopic (exact) mass is 386 g/mol. The molecule has 0 bridgehead atoms. The second kappa shape index (κ2) is 6.94. The van der Waals surface area contributed by atoms with Crippen molar-refractivity contribution in [1.29, 1.82) is 0 Å². The van der Waals surface area contributed by atoms with E-state index in [2.05, 4.69) is 19.4 Å². The van der Waals surface area contributed by atoms with E-state index in [0.29, 0.717) is 5.56 Å². The largest absolute Gasteiger partial charge is 0.505 e. The molecular formula is C14H9F7N2O3. The van der Waals surface area contributed by atoms with Gasteiger partial charge >= 0.3 is 18.4 Å². The van der Waals surface area contributed by atoms with Crippen molar-refractivity contribution in [3.8, 4) is 22.9 Å². The number of aromatic hydroxyl groups is 1. The van der Waals surface area contributed by atoms with E-state index in [1.807, 2.05) is 0 Å². The minimum Gasteiger partial charge on any atom is -0.505 e. The maximum Gasteiger partial charge on any atom is 0.483 e. The van der Waals surface area contributed by atoms with Crippen LogP contribution in [-0.4, -0.2) is 40.1 Å². The van der Waals surface area contributed by atoms with E-state index < -0.39 is 25.0 Å². The van der Waals surface area contributed by atoms with E-state index in [1.165, 1.54) is 12.1 Å². The van der Waals surface area contributed by atoms with E-state index in [-0.39, 0.29) is 17.3 Å². The Morgan fingerprint density at radius 1 is 0.885 bits per heavy atom. The van der Waals surface area contributed by atoms with Crippen LogP contribution in [-0.2, 0) is 4.74 Å². The third-order valence-electron chi connectivity index (χ3n) is 2.77. The average Bonchev–Trinajstić information content (AvgIpc) is 2.52. The van der Waals surface area contributed by atoms with E-state index in [4.69, 9.17) is 5.11 Å². The number of aromatic nitrogens is 2. The lowest BCUT2D eigenvalue weighted by atomic mass is 10.2. The number of ether oxygens (including phenoxy) is 2. The first-order valence-electron chi connectivity index (χ1n) is 6.66. The van der Waals surface area contributed by atoms with Crippen LogP contribution in [0.5, 0.6) is 11.5 Å². The molecule has 0 aliphatic heterocycles. The minimum atomic E-state index is -6.29. The summed E-state index contributed by atoms with van der Waals surface area (Å²) in [4.78, 5) is 7.59. The van der Waals surface area contributed by atoms with Gasteiger partial charge in [0.15, 0.2) is 18.2 Å². The van der Waals surface area contributed by atoms with Gasteiger partial charge in [-0.05, 0) is 24.3 Å². The number of rotatable bonds is 6. The lowest BCUT2D eigenvalue weighted by Crippen LogP contribution is -2.46. The van der Waals surface area contributed by atoms with Crippen molar-refractivity contribution in [2.45, 2.75) is 18.4 Å². The second-order valence-electron chi connectivity index (χ2n) is 4.83. The molecule has 0 radical (unpaired) electrons. The Bertz CT molecular complexity index is 734. The van der Waals surface area contributed by atoms with Crippen LogP contribution in [0.4, 0.5) is 30.7 Å². The molecule has 1 N–H and O–H groups in total. The predicted octanol–water partition coefficient (Wildman–Crippen LogP) is 3.99. The van der Waals surface area contributed by atoms with E-state index in [9.17, 15) is 30.7 Å². The Morgan fingerprint density at radius 3 is 1.92 bits per heavy atom. The van der Waals surface area contributed by atoms with E-state index in [1.54, 1.807) is 0 Å². The molecule has 0 aliphatic rings. The van der Waals surface area contributed by atoms with Crippen LogP contribution in [0, 0.1) is 0 Å². The second-order valence-corrected chi connectivity index (χ2v) is 4.83. The summed E-state index contributed by atoms with van der Waals surface area (Å²) in [5, 5.41) is 9.07. The van der Waals surface area contributed by atoms with Crippen molar-refractivity contribution in [1.82, 2.24) is 9.97 Å². The molecule has 2 aromatic rings. The molecule has 1 heterocycles. The number of benzene rings is 1. The quantitative estimate of drug-likeness (QED) is 0.761. The highest BCUT2D eigenvalue weighted by Gasteiger charge is 2.64. The Kier molecular flexibility index (Phi) is 5.26. The zero-order valence-corrected chi connectivity index (χ0v) is 12.5. The summed E-state index contributed by atoms with van der Waals surface area (Å²) in [5.74, 6) is -0.231. The number of alkyl halides is 7. The van der Waals surface area contributed by atoms with Gasteiger partial charge in [0, 0.05) is 5.56 Å². The molecule has 0 saturated carbocycles. The Morgan fingerprint density at radius 2 is 1.42 bits per heavy atom. The normalized spacial score (nSPS) is 12.9. The van der Waals surface area contributed by atoms with E-state index >= 15 is 0 Å². The van der Waals surface area contributed by atoms with Gasteiger partial charge < -0.3 is 9.84 Å². The molecule has 5 nitrogen and oxygen atoms in total. The zero-order valence-electron chi connectivity index (χ0n) is 12.5. The summed E-state index contributed by atoms with van der Waals surface area (Å²) in [7, 11) is 0. The fourth-order valence-corrected chi connectivity index (χ4v) is 1.61.